The standard InChI is InChI=1S/C19H26N2O3/c1-14(2)9-10-19(3,23)13-20-17(22)11-16-12-24-18(21-16)15-7-5-4-6-8-15/h4-8,12,14,23H,9-11,13H2,1-3H3,(H,20,22). The summed E-state index contributed by atoms with van der Waals surface area (Å²) in [6.45, 7) is 6.22. The van der Waals surface area contributed by atoms with Crippen LogP contribution in [0.2, 0.25) is 0 Å². The average molecular weight is 330 g/mol. The van der Waals surface area contributed by atoms with Crippen LogP contribution < -0.4 is 5.32 Å². The predicted molar refractivity (Wildman–Crippen MR) is 93.3 cm³/mol. The highest BCUT2D eigenvalue weighted by atomic mass is 16.3. The molecule has 1 aromatic heterocycles. The molecule has 0 bridgehead atoms. The molecule has 2 aromatic rings. The van der Waals surface area contributed by atoms with E-state index < -0.39 is 5.60 Å². The Morgan fingerprint density at radius 3 is 2.71 bits per heavy atom. The molecule has 130 valence electrons. The maximum Gasteiger partial charge on any atom is 0.226 e. The van der Waals surface area contributed by atoms with Crippen molar-refractivity contribution in [3.63, 3.8) is 0 Å². The van der Waals surface area contributed by atoms with Gasteiger partial charge in [0.25, 0.3) is 0 Å². The van der Waals surface area contributed by atoms with E-state index in [1.807, 2.05) is 30.3 Å². The molecule has 0 aliphatic rings. The lowest BCUT2D eigenvalue weighted by Crippen LogP contribution is -2.41. The first kappa shape index (κ1) is 18.2. The molecular formula is C19H26N2O3. The van der Waals surface area contributed by atoms with Crippen molar-refractivity contribution in [2.75, 3.05) is 6.54 Å². The molecule has 1 heterocycles. The predicted octanol–water partition coefficient (Wildman–Crippen LogP) is 3.19. The van der Waals surface area contributed by atoms with E-state index in [9.17, 15) is 9.90 Å². The largest absolute Gasteiger partial charge is 0.444 e. The van der Waals surface area contributed by atoms with Crippen LogP contribution in [0.25, 0.3) is 11.5 Å². The lowest BCUT2D eigenvalue weighted by molar-refractivity contribution is -0.121. The van der Waals surface area contributed by atoms with Gasteiger partial charge in [-0.25, -0.2) is 4.98 Å². The highest BCUT2D eigenvalue weighted by Crippen LogP contribution is 2.18. The number of rotatable bonds is 8. The molecule has 0 fully saturated rings. The van der Waals surface area contributed by atoms with Gasteiger partial charge in [0.2, 0.25) is 11.8 Å². The summed E-state index contributed by atoms with van der Waals surface area (Å²) < 4.78 is 5.42. The third kappa shape index (κ3) is 5.81. The Hall–Kier alpha value is -2.14. The molecule has 1 atom stereocenters. The second-order valence-corrected chi connectivity index (χ2v) is 6.89. The van der Waals surface area contributed by atoms with Gasteiger partial charge in [-0.15, -0.1) is 0 Å². The number of aromatic nitrogens is 1. The summed E-state index contributed by atoms with van der Waals surface area (Å²) in [6.07, 6.45) is 3.22. The lowest BCUT2D eigenvalue weighted by Gasteiger charge is -2.24. The molecule has 0 spiro atoms. The molecule has 1 aromatic carbocycles. The van der Waals surface area contributed by atoms with Crippen molar-refractivity contribution in [1.29, 1.82) is 0 Å². The van der Waals surface area contributed by atoms with E-state index in [-0.39, 0.29) is 18.9 Å². The zero-order valence-corrected chi connectivity index (χ0v) is 14.6. The molecule has 0 aliphatic heterocycles. The van der Waals surface area contributed by atoms with Crippen LogP contribution in [0.3, 0.4) is 0 Å². The number of benzene rings is 1. The Morgan fingerprint density at radius 2 is 2.04 bits per heavy atom. The summed E-state index contributed by atoms with van der Waals surface area (Å²) in [5.74, 6) is 0.855. The Morgan fingerprint density at radius 1 is 1.33 bits per heavy atom. The molecule has 1 amide bonds. The summed E-state index contributed by atoms with van der Waals surface area (Å²) in [4.78, 5) is 16.4. The lowest BCUT2D eigenvalue weighted by atomic mass is 9.95. The molecule has 24 heavy (non-hydrogen) atoms. The van der Waals surface area contributed by atoms with Gasteiger partial charge in [0.05, 0.1) is 17.7 Å². The molecule has 2 N–H and O–H groups in total. The van der Waals surface area contributed by atoms with Gasteiger partial charge in [-0.3, -0.25) is 4.79 Å². The van der Waals surface area contributed by atoms with E-state index in [0.717, 1.165) is 12.0 Å². The second kappa shape index (κ2) is 8.11. The van der Waals surface area contributed by atoms with Crippen molar-refractivity contribution in [3.05, 3.63) is 42.3 Å². The summed E-state index contributed by atoms with van der Waals surface area (Å²) in [5.41, 5.74) is 0.563. The molecule has 0 saturated carbocycles. The minimum absolute atomic E-state index is 0.136. The minimum atomic E-state index is -0.890. The van der Waals surface area contributed by atoms with Crippen molar-refractivity contribution in [1.82, 2.24) is 10.3 Å². The van der Waals surface area contributed by atoms with Crippen molar-refractivity contribution < 1.29 is 14.3 Å². The van der Waals surface area contributed by atoms with Crippen LogP contribution in [-0.2, 0) is 11.2 Å². The fourth-order valence-corrected chi connectivity index (χ4v) is 2.31. The molecule has 1 unspecified atom stereocenters. The van der Waals surface area contributed by atoms with Crippen LogP contribution in [0.15, 0.2) is 41.0 Å². The fraction of sp³-hybridized carbons (Fsp3) is 0.474. The maximum absolute atomic E-state index is 12.0. The average Bonchev–Trinajstić information content (AvgIpc) is 3.01. The smallest absolute Gasteiger partial charge is 0.226 e. The molecule has 2 rings (SSSR count). The third-order valence-electron chi connectivity index (χ3n) is 3.84. The number of carbonyl (C=O) groups excluding carboxylic acids is 1. The topological polar surface area (TPSA) is 75.4 Å². The molecule has 0 radical (unpaired) electrons. The number of oxazole rings is 1. The highest BCUT2D eigenvalue weighted by Gasteiger charge is 2.21. The van der Waals surface area contributed by atoms with Crippen molar-refractivity contribution >= 4 is 5.91 Å². The van der Waals surface area contributed by atoms with Crippen LogP contribution in [0, 0.1) is 5.92 Å². The Balaban J connectivity index is 1.84. The van der Waals surface area contributed by atoms with Crippen molar-refractivity contribution in [3.8, 4) is 11.5 Å². The zero-order chi connectivity index (χ0) is 17.6. The Bertz CT molecular complexity index is 648. The van der Waals surface area contributed by atoms with Gasteiger partial charge in [0.15, 0.2) is 0 Å². The van der Waals surface area contributed by atoms with Gasteiger partial charge in [0.1, 0.15) is 6.26 Å². The van der Waals surface area contributed by atoms with Crippen molar-refractivity contribution in [2.24, 2.45) is 5.92 Å². The summed E-state index contributed by atoms with van der Waals surface area (Å²) in [7, 11) is 0. The van der Waals surface area contributed by atoms with Crippen LogP contribution in [0.1, 0.15) is 39.3 Å². The molecular weight excluding hydrogens is 304 g/mol. The van der Waals surface area contributed by atoms with Crippen LogP contribution in [-0.4, -0.2) is 28.1 Å². The number of amides is 1. The molecule has 5 nitrogen and oxygen atoms in total. The summed E-state index contributed by atoms with van der Waals surface area (Å²) in [5, 5.41) is 13.1. The van der Waals surface area contributed by atoms with Crippen LogP contribution in [0.5, 0.6) is 0 Å². The van der Waals surface area contributed by atoms with Gasteiger partial charge in [-0.1, -0.05) is 32.0 Å². The Kier molecular flexibility index (Phi) is 6.15. The van der Waals surface area contributed by atoms with Gasteiger partial charge < -0.3 is 14.8 Å². The van der Waals surface area contributed by atoms with Gasteiger partial charge in [-0.2, -0.15) is 0 Å². The van der Waals surface area contributed by atoms with Crippen molar-refractivity contribution in [2.45, 2.75) is 45.6 Å². The number of nitrogens with one attached hydrogen (secondary N) is 1. The number of hydrogen-bond acceptors (Lipinski definition) is 4. The Labute approximate surface area is 143 Å². The number of hydrogen-bond donors (Lipinski definition) is 2. The maximum atomic E-state index is 12.0. The van der Waals surface area contributed by atoms with Gasteiger partial charge >= 0.3 is 0 Å². The first-order valence-electron chi connectivity index (χ1n) is 8.34. The van der Waals surface area contributed by atoms with E-state index in [2.05, 4.69) is 24.1 Å². The number of aliphatic hydroxyl groups is 1. The van der Waals surface area contributed by atoms with E-state index in [4.69, 9.17) is 4.42 Å². The summed E-state index contributed by atoms with van der Waals surface area (Å²) in [6, 6.07) is 9.55. The molecule has 0 saturated heterocycles. The zero-order valence-electron chi connectivity index (χ0n) is 14.6. The molecule has 0 aliphatic carbocycles. The third-order valence-corrected chi connectivity index (χ3v) is 3.84. The number of nitrogens with zero attached hydrogens (tertiary/aromatic N) is 1. The van der Waals surface area contributed by atoms with E-state index in [1.165, 1.54) is 6.26 Å². The SMILES string of the molecule is CC(C)CCC(C)(O)CNC(=O)Cc1coc(-c2ccccc2)n1. The van der Waals surface area contributed by atoms with Gasteiger partial charge in [0, 0.05) is 12.1 Å². The second-order valence-electron chi connectivity index (χ2n) is 6.89. The minimum Gasteiger partial charge on any atom is -0.444 e. The normalized spacial score (nSPS) is 13.7. The van der Waals surface area contributed by atoms with Gasteiger partial charge in [-0.05, 0) is 37.8 Å². The first-order valence-corrected chi connectivity index (χ1v) is 8.34. The number of carbonyl (C=O) groups is 1. The quantitative estimate of drug-likeness (QED) is 0.779. The monoisotopic (exact) mass is 330 g/mol. The van der Waals surface area contributed by atoms with Crippen LogP contribution in [0.4, 0.5) is 0 Å². The van der Waals surface area contributed by atoms with E-state index in [0.29, 0.717) is 23.9 Å². The highest BCUT2D eigenvalue weighted by molar-refractivity contribution is 5.78. The van der Waals surface area contributed by atoms with E-state index >= 15 is 0 Å². The first-order chi connectivity index (χ1) is 11.4. The summed E-state index contributed by atoms with van der Waals surface area (Å²) >= 11 is 0. The molecule has 5 heteroatoms. The van der Waals surface area contributed by atoms with Crippen LogP contribution >= 0.6 is 0 Å². The fourth-order valence-electron chi connectivity index (χ4n) is 2.31. The van der Waals surface area contributed by atoms with E-state index in [1.54, 1.807) is 6.92 Å².